The van der Waals surface area contributed by atoms with E-state index in [4.69, 9.17) is 25.5 Å². The molecule has 0 fully saturated rings. The molecule has 0 unspecified atom stereocenters. The summed E-state index contributed by atoms with van der Waals surface area (Å²) in [5.74, 6) is -1.66. The van der Waals surface area contributed by atoms with Crippen molar-refractivity contribution in [1.29, 1.82) is 0 Å². The molecule has 0 amide bonds. The fourth-order valence-corrected chi connectivity index (χ4v) is 0.601. The molecular weight excluding hydrogens is 168 g/mol. The van der Waals surface area contributed by atoms with Crippen LogP contribution in [0.2, 0.25) is 0 Å². The topological polar surface area (TPSA) is 118 Å². The number of rotatable bonds is 4. The number of aliphatic carboxylic acids is 1. The molecule has 72 valence electrons. The largest absolute Gasteiger partial charge is 0.479 e. The Hall–Kier alpha value is -0.690. The zero-order valence-corrected chi connectivity index (χ0v) is 6.51. The van der Waals surface area contributed by atoms with Gasteiger partial charge in [0.15, 0.2) is 5.60 Å². The predicted octanol–water partition coefficient (Wildman–Crippen LogP) is -2.46. The molecule has 6 nitrogen and oxygen atoms in total. The van der Waals surface area contributed by atoms with Crippen molar-refractivity contribution in [2.45, 2.75) is 24.7 Å². The number of aliphatic hydroxyl groups excluding tert-OH is 3. The Bertz CT molecular complexity index is 165. The lowest BCUT2D eigenvalue weighted by atomic mass is 9.95. The van der Waals surface area contributed by atoms with Crippen molar-refractivity contribution in [3.8, 4) is 0 Å². The Morgan fingerprint density at radius 2 is 1.92 bits per heavy atom. The molecule has 0 saturated carbocycles. The summed E-state index contributed by atoms with van der Waals surface area (Å²) >= 11 is 0. The van der Waals surface area contributed by atoms with Gasteiger partial charge in [0.2, 0.25) is 0 Å². The van der Waals surface area contributed by atoms with E-state index in [1.807, 2.05) is 0 Å². The molecule has 0 saturated heterocycles. The first-order chi connectivity index (χ1) is 5.34. The molecule has 0 rings (SSSR count). The second-order valence-corrected chi connectivity index (χ2v) is 2.65. The van der Waals surface area contributed by atoms with Gasteiger partial charge < -0.3 is 25.5 Å². The third kappa shape index (κ3) is 2.15. The maximum Gasteiger partial charge on any atom is 0.338 e. The van der Waals surface area contributed by atoms with Crippen LogP contribution in [0, 0.1) is 0 Å². The summed E-state index contributed by atoms with van der Waals surface area (Å²) in [5, 5.41) is 43.5. The molecule has 5 N–H and O–H groups in total. The molecule has 0 aromatic heterocycles. The van der Waals surface area contributed by atoms with Gasteiger partial charge in [0.05, 0.1) is 6.61 Å². The molecule has 0 aromatic rings. The van der Waals surface area contributed by atoms with E-state index in [2.05, 4.69) is 0 Å². The fraction of sp³-hybridized carbons (Fsp3) is 0.833. The summed E-state index contributed by atoms with van der Waals surface area (Å²) < 4.78 is 0. The Kier molecular flexibility index (Phi) is 3.59. The summed E-state index contributed by atoms with van der Waals surface area (Å²) in [4.78, 5) is 10.3. The van der Waals surface area contributed by atoms with Crippen molar-refractivity contribution in [1.82, 2.24) is 0 Å². The Labute approximate surface area is 68.7 Å². The van der Waals surface area contributed by atoms with Crippen molar-refractivity contribution >= 4 is 5.97 Å². The van der Waals surface area contributed by atoms with Crippen molar-refractivity contribution < 1.29 is 30.3 Å². The van der Waals surface area contributed by atoms with Gasteiger partial charge in [0.1, 0.15) is 12.2 Å². The average molecular weight is 180 g/mol. The molecule has 0 aliphatic carbocycles. The van der Waals surface area contributed by atoms with E-state index >= 15 is 0 Å². The lowest BCUT2D eigenvalue weighted by Gasteiger charge is -2.27. The zero-order valence-electron chi connectivity index (χ0n) is 6.51. The monoisotopic (exact) mass is 180 g/mol. The predicted molar refractivity (Wildman–Crippen MR) is 37.4 cm³/mol. The highest BCUT2D eigenvalue weighted by Gasteiger charge is 2.42. The summed E-state index contributed by atoms with van der Waals surface area (Å²) in [7, 11) is 0. The third-order valence-electron chi connectivity index (χ3n) is 1.56. The maximum atomic E-state index is 10.3. The third-order valence-corrected chi connectivity index (χ3v) is 1.56. The lowest BCUT2D eigenvalue weighted by Crippen LogP contribution is -2.53. The van der Waals surface area contributed by atoms with Gasteiger partial charge in [-0.2, -0.15) is 0 Å². The van der Waals surface area contributed by atoms with Crippen molar-refractivity contribution in [2.75, 3.05) is 6.61 Å². The van der Waals surface area contributed by atoms with Crippen LogP contribution in [-0.2, 0) is 4.79 Å². The Morgan fingerprint density at radius 3 is 2.17 bits per heavy atom. The van der Waals surface area contributed by atoms with E-state index in [0.717, 1.165) is 6.92 Å². The molecule has 3 atom stereocenters. The van der Waals surface area contributed by atoms with Gasteiger partial charge in [0.25, 0.3) is 0 Å². The number of hydrogen-bond donors (Lipinski definition) is 5. The molecule has 0 aliphatic rings. The van der Waals surface area contributed by atoms with Gasteiger partial charge in [-0.15, -0.1) is 0 Å². The first-order valence-corrected chi connectivity index (χ1v) is 3.26. The van der Waals surface area contributed by atoms with Crippen LogP contribution in [0.4, 0.5) is 0 Å². The normalized spacial score (nSPS) is 21.1. The summed E-state index contributed by atoms with van der Waals surface area (Å²) in [6.07, 6.45) is -3.59. The molecule has 0 heterocycles. The molecule has 6 heteroatoms. The van der Waals surface area contributed by atoms with E-state index in [1.165, 1.54) is 0 Å². The van der Waals surface area contributed by atoms with Gasteiger partial charge in [0, 0.05) is 0 Å². The smallest absolute Gasteiger partial charge is 0.338 e. The van der Waals surface area contributed by atoms with Crippen LogP contribution in [0.5, 0.6) is 0 Å². The quantitative estimate of drug-likeness (QED) is 0.327. The van der Waals surface area contributed by atoms with E-state index in [1.54, 1.807) is 0 Å². The highest BCUT2D eigenvalue weighted by atomic mass is 16.4. The Morgan fingerprint density at radius 1 is 1.50 bits per heavy atom. The molecular formula is C6H12O6. The van der Waals surface area contributed by atoms with Crippen LogP contribution < -0.4 is 0 Å². The van der Waals surface area contributed by atoms with E-state index in [0.29, 0.717) is 0 Å². The van der Waals surface area contributed by atoms with Crippen LogP contribution in [0.1, 0.15) is 6.92 Å². The standard InChI is InChI=1S/C6H12O6/c1-6(12,5(10)11)4(9)3(8)2-7/h3-4,7-9,12H,2H2,1H3,(H,10,11)/t3-,4-,6+/m1/s1. The zero-order chi connectivity index (χ0) is 9.94. The SMILES string of the molecule is C[C@@](O)(C(=O)O)[C@H](O)[C@H](O)CO. The van der Waals surface area contributed by atoms with Crippen LogP contribution in [0.3, 0.4) is 0 Å². The second-order valence-electron chi connectivity index (χ2n) is 2.65. The van der Waals surface area contributed by atoms with E-state index in [-0.39, 0.29) is 0 Å². The van der Waals surface area contributed by atoms with Gasteiger partial charge in [-0.25, -0.2) is 4.79 Å². The van der Waals surface area contributed by atoms with Crippen LogP contribution in [0.15, 0.2) is 0 Å². The van der Waals surface area contributed by atoms with Gasteiger partial charge >= 0.3 is 5.97 Å². The first-order valence-electron chi connectivity index (χ1n) is 3.26. The fourth-order valence-electron chi connectivity index (χ4n) is 0.601. The number of carbonyl (C=O) groups is 1. The van der Waals surface area contributed by atoms with Crippen molar-refractivity contribution in [3.63, 3.8) is 0 Å². The molecule has 0 aliphatic heterocycles. The minimum Gasteiger partial charge on any atom is -0.479 e. The number of hydrogen-bond acceptors (Lipinski definition) is 5. The lowest BCUT2D eigenvalue weighted by molar-refractivity contribution is -0.179. The number of carboxylic acid groups (broad SMARTS) is 1. The van der Waals surface area contributed by atoms with Gasteiger partial charge in [-0.3, -0.25) is 0 Å². The minimum absolute atomic E-state index is 0.815. The van der Waals surface area contributed by atoms with Gasteiger partial charge in [-0.05, 0) is 6.92 Å². The van der Waals surface area contributed by atoms with Crippen molar-refractivity contribution in [3.05, 3.63) is 0 Å². The molecule has 0 aromatic carbocycles. The average Bonchev–Trinajstić information content (AvgIpc) is 2.01. The Balaban J connectivity index is 4.44. The van der Waals surface area contributed by atoms with Crippen molar-refractivity contribution in [2.24, 2.45) is 0 Å². The number of carboxylic acids is 1. The molecule has 0 spiro atoms. The van der Waals surface area contributed by atoms with Crippen LogP contribution in [0.25, 0.3) is 0 Å². The molecule has 0 radical (unpaired) electrons. The first kappa shape index (κ1) is 11.3. The maximum absolute atomic E-state index is 10.3. The molecule has 0 bridgehead atoms. The second kappa shape index (κ2) is 3.81. The highest BCUT2D eigenvalue weighted by molar-refractivity contribution is 5.77. The minimum atomic E-state index is -2.46. The summed E-state index contributed by atoms with van der Waals surface area (Å²) in [6, 6.07) is 0. The summed E-state index contributed by atoms with van der Waals surface area (Å²) in [5.41, 5.74) is -2.46. The number of aliphatic hydroxyl groups is 4. The molecule has 12 heavy (non-hydrogen) atoms. The van der Waals surface area contributed by atoms with Gasteiger partial charge in [-0.1, -0.05) is 0 Å². The van der Waals surface area contributed by atoms with Crippen LogP contribution in [-0.4, -0.2) is 55.9 Å². The van der Waals surface area contributed by atoms with E-state index in [9.17, 15) is 4.79 Å². The highest BCUT2D eigenvalue weighted by Crippen LogP contribution is 2.13. The van der Waals surface area contributed by atoms with E-state index < -0.39 is 30.4 Å². The van der Waals surface area contributed by atoms with Crippen LogP contribution >= 0.6 is 0 Å². The summed E-state index contributed by atoms with van der Waals surface area (Å²) in [6.45, 7) is 0.0173.